The van der Waals surface area contributed by atoms with Crippen molar-refractivity contribution in [1.29, 1.82) is 0 Å². The van der Waals surface area contributed by atoms with Crippen molar-refractivity contribution >= 4 is 17.9 Å². The highest BCUT2D eigenvalue weighted by atomic mass is 16.4. The third kappa shape index (κ3) is 3.88. The number of benzene rings is 1. The number of rotatable bonds is 5. The molecule has 0 saturated carbocycles. The fourth-order valence-corrected chi connectivity index (χ4v) is 5.30. The Bertz CT molecular complexity index is 1340. The zero-order valence-electron chi connectivity index (χ0n) is 19.6. The van der Waals surface area contributed by atoms with Crippen molar-refractivity contribution in [3.8, 4) is 0 Å². The maximum atomic E-state index is 12.8. The number of nitrogens with zero attached hydrogens (tertiary/aromatic N) is 6. The van der Waals surface area contributed by atoms with E-state index in [0.29, 0.717) is 50.1 Å². The van der Waals surface area contributed by atoms with Gasteiger partial charge in [0.2, 0.25) is 17.7 Å². The molecule has 0 saturated heterocycles. The number of fused-ring (bicyclic) bond motifs is 2. The summed E-state index contributed by atoms with van der Waals surface area (Å²) in [6.45, 7) is 2.33. The largest absolute Gasteiger partial charge is 0.407 e. The molecule has 1 amide bonds. The molecular formula is C24H26N10O2. The van der Waals surface area contributed by atoms with Gasteiger partial charge in [-0.3, -0.25) is 4.79 Å². The van der Waals surface area contributed by atoms with Crippen LogP contribution in [0.15, 0.2) is 46.3 Å². The number of carbonyl (C=O) groups excluding carboxylic acids is 1. The molecule has 0 radical (unpaired) electrons. The molecule has 7 rings (SSSR count). The average Bonchev–Trinajstić information content (AvgIpc) is 3.68. The van der Waals surface area contributed by atoms with E-state index in [1.807, 2.05) is 11.1 Å². The van der Waals surface area contributed by atoms with Gasteiger partial charge >= 0.3 is 6.01 Å². The monoisotopic (exact) mass is 486 g/mol. The molecule has 2 aromatic heterocycles. The topological polar surface area (TPSA) is 136 Å². The van der Waals surface area contributed by atoms with Crippen LogP contribution in [0.25, 0.3) is 0 Å². The van der Waals surface area contributed by atoms with E-state index in [1.54, 1.807) is 4.90 Å². The minimum Gasteiger partial charge on any atom is -0.407 e. The summed E-state index contributed by atoms with van der Waals surface area (Å²) in [7, 11) is 0. The van der Waals surface area contributed by atoms with E-state index in [4.69, 9.17) is 9.40 Å². The van der Waals surface area contributed by atoms with Crippen LogP contribution in [-0.4, -0.2) is 50.1 Å². The lowest BCUT2D eigenvalue weighted by Gasteiger charge is -2.26. The maximum absolute atomic E-state index is 12.8. The van der Waals surface area contributed by atoms with Crippen molar-refractivity contribution in [2.45, 2.75) is 44.8 Å². The quantitative estimate of drug-likeness (QED) is 0.403. The lowest BCUT2D eigenvalue weighted by Crippen LogP contribution is -2.40. The van der Waals surface area contributed by atoms with Gasteiger partial charge in [0.05, 0.1) is 36.7 Å². The van der Waals surface area contributed by atoms with Gasteiger partial charge in [0, 0.05) is 30.8 Å². The summed E-state index contributed by atoms with van der Waals surface area (Å²) in [5.74, 6) is 0.925. The number of amides is 1. The summed E-state index contributed by atoms with van der Waals surface area (Å²) in [4.78, 5) is 25.8. The maximum Gasteiger partial charge on any atom is 0.318 e. The predicted molar refractivity (Wildman–Crippen MR) is 129 cm³/mol. The molecule has 12 nitrogen and oxygen atoms in total. The van der Waals surface area contributed by atoms with E-state index in [-0.39, 0.29) is 12.3 Å². The smallest absolute Gasteiger partial charge is 0.318 e. The molecule has 0 fully saturated rings. The van der Waals surface area contributed by atoms with Crippen LogP contribution in [-0.2, 0) is 37.1 Å². The average molecular weight is 487 g/mol. The lowest BCUT2D eigenvalue weighted by atomic mass is 10.1. The second kappa shape index (κ2) is 8.48. The molecule has 1 aromatic carbocycles. The molecule has 3 aromatic rings. The molecule has 3 aliphatic heterocycles. The first-order chi connectivity index (χ1) is 17.7. The number of hydrogen-bond donors (Lipinski definition) is 4. The highest BCUT2D eigenvalue weighted by molar-refractivity contribution is 5.78. The highest BCUT2D eigenvalue weighted by Crippen LogP contribution is 2.28. The molecule has 184 valence electrons. The number of nitrogens with one attached hydrogen (secondary N) is 4. The van der Waals surface area contributed by atoms with Crippen LogP contribution in [0.1, 0.15) is 34.7 Å². The normalized spacial score (nSPS) is 18.6. The number of aromatic nitrogens is 4. The molecule has 0 bridgehead atoms. The van der Waals surface area contributed by atoms with Gasteiger partial charge in [-0.05, 0) is 24.0 Å². The second-order valence-corrected chi connectivity index (χ2v) is 9.59. The van der Waals surface area contributed by atoms with Crippen LogP contribution in [0.5, 0.6) is 0 Å². The van der Waals surface area contributed by atoms with Gasteiger partial charge in [0.25, 0.3) is 0 Å². The Morgan fingerprint density at radius 2 is 1.89 bits per heavy atom. The van der Waals surface area contributed by atoms with Crippen LogP contribution in [0.2, 0.25) is 0 Å². The molecule has 36 heavy (non-hydrogen) atoms. The molecular weight excluding hydrogens is 460 g/mol. The minimum absolute atomic E-state index is 0.0363. The van der Waals surface area contributed by atoms with Crippen molar-refractivity contribution < 1.29 is 9.21 Å². The number of carbonyl (C=O) groups is 1. The molecule has 4 aliphatic rings. The summed E-state index contributed by atoms with van der Waals surface area (Å²) in [6, 6.07) is 9.24. The van der Waals surface area contributed by atoms with Gasteiger partial charge in [-0.2, -0.15) is 5.53 Å². The summed E-state index contributed by atoms with van der Waals surface area (Å²) in [5, 5.41) is 11.8. The number of hydrazine groups is 2. The Kier molecular flexibility index (Phi) is 4.98. The SMILES string of the molecule is O=C(Cc1nnc(N2Cc3cnc(NC4Cc5ccccc5C4)nc3C2)o1)N1CCC2=C(C1)NNN2. The van der Waals surface area contributed by atoms with Crippen molar-refractivity contribution in [1.82, 2.24) is 41.5 Å². The number of hydrogen-bond acceptors (Lipinski definition) is 11. The first-order valence-electron chi connectivity index (χ1n) is 12.2. The van der Waals surface area contributed by atoms with Gasteiger partial charge in [0.15, 0.2) is 0 Å². The third-order valence-corrected chi connectivity index (χ3v) is 7.19. The third-order valence-electron chi connectivity index (χ3n) is 7.19. The van der Waals surface area contributed by atoms with Gasteiger partial charge in [0.1, 0.15) is 6.42 Å². The predicted octanol–water partition coefficient (Wildman–Crippen LogP) is 0.558. The zero-order valence-corrected chi connectivity index (χ0v) is 19.6. The summed E-state index contributed by atoms with van der Waals surface area (Å²) in [6.07, 6.45) is 4.68. The summed E-state index contributed by atoms with van der Waals surface area (Å²) >= 11 is 0. The van der Waals surface area contributed by atoms with Gasteiger partial charge in [-0.25, -0.2) is 9.97 Å². The Morgan fingerprint density at radius 3 is 2.75 bits per heavy atom. The van der Waals surface area contributed by atoms with Gasteiger partial charge in [-0.15, -0.1) is 5.10 Å². The van der Waals surface area contributed by atoms with Crippen molar-refractivity contribution in [2.24, 2.45) is 0 Å². The molecule has 0 unspecified atom stereocenters. The zero-order chi connectivity index (χ0) is 24.1. The van der Waals surface area contributed by atoms with E-state index < -0.39 is 0 Å². The Labute approximate surface area is 207 Å². The first kappa shape index (κ1) is 21.1. The van der Waals surface area contributed by atoms with Crippen LogP contribution >= 0.6 is 0 Å². The van der Waals surface area contributed by atoms with Gasteiger partial charge < -0.3 is 30.4 Å². The van der Waals surface area contributed by atoms with Crippen LogP contribution in [0, 0.1) is 0 Å². The Hall–Kier alpha value is -4.19. The molecule has 5 heterocycles. The first-order valence-corrected chi connectivity index (χ1v) is 12.2. The molecule has 0 spiro atoms. The van der Waals surface area contributed by atoms with Crippen molar-refractivity contribution in [3.63, 3.8) is 0 Å². The van der Waals surface area contributed by atoms with E-state index in [2.05, 4.69) is 61.1 Å². The molecule has 0 atom stereocenters. The standard InChI is InChI=1S/C24H26N10O2/c35-22(33-6-5-18-20(13-33)29-32-28-18)9-21-30-31-24(36-21)34-11-16-10-25-23(27-19(16)12-34)26-17-7-14-3-1-2-4-15(14)8-17/h1-4,10,17,28-29,32H,5-9,11-13H2,(H,25,26,27). The minimum atomic E-state index is -0.0363. The highest BCUT2D eigenvalue weighted by Gasteiger charge is 2.29. The second-order valence-electron chi connectivity index (χ2n) is 9.59. The van der Waals surface area contributed by atoms with Crippen LogP contribution < -0.4 is 26.6 Å². The molecule has 4 N–H and O–H groups in total. The van der Waals surface area contributed by atoms with Crippen molar-refractivity contribution in [3.05, 3.63) is 70.1 Å². The van der Waals surface area contributed by atoms with E-state index in [0.717, 1.165) is 41.9 Å². The summed E-state index contributed by atoms with van der Waals surface area (Å²) in [5.41, 5.74) is 15.8. The van der Waals surface area contributed by atoms with E-state index in [9.17, 15) is 4.79 Å². The Balaban J connectivity index is 0.971. The van der Waals surface area contributed by atoms with Crippen LogP contribution in [0.4, 0.5) is 12.0 Å². The van der Waals surface area contributed by atoms with Gasteiger partial charge in [-0.1, -0.05) is 29.4 Å². The Morgan fingerprint density at radius 1 is 1.06 bits per heavy atom. The molecule has 1 aliphatic carbocycles. The van der Waals surface area contributed by atoms with Crippen molar-refractivity contribution in [2.75, 3.05) is 23.3 Å². The lowest BCUT2D eigenvalue weighted by molar-refractivity contribution is -0.130. The number of anilines is 2. The van der Waals surface area contributed by atoms with E-state index in [1.165, 1.54) is 11.1 Å². The van der Waals surface area contributed by atoms with Crippen LogP contribution in [0.3, 0.4) is 0 Å². The molecule has 12 heteroatoms. The fourth-order valence-electron chi connectivity index (χ4n) is 5.30. The van der Waals surface area contributed by atoms with E-state index >= 15 is 0 Å². The summed E-state index contributed by atoms with van der Waals surface area (Å²) < 4.78 is 5.86. The fraction of sp³-hybridized carbons (Fsp3) is 0.375.